The van der Waals surface area contributed by atoms with Gasteiger partial charge in [0.05, 0.1) is 16.7 Å². The SMILES string of the molecule is CC(C)CNC(=O)C(C)Oc1ccc(C#N)cc1Cl. The maximum Gasteiger partial charge on any atom is 0.260 e. The Morgan fingerprint density at radius 2 is 2.16 bits per heavy atom. The lowest BCUT2D eigenvalue weighted by Gasteiger charge is -2.16. The minimum absolute atomic E-state index is 0.186. The van der Waals surface area contributed by atoms with E-state index in [9.17, 15) is 4.79 Å². The number of carbonyl (C=O) groups is 1. The van der Waals surface area contributed by atoms with Crippen LogP contribution in [0.4, 0.5) is 0 Å². The van der Waals surface area contributed by atoms with Crippen molar-refractivity contribution >= 4 is 17.5 Å². The molecule has 4 nitrogen and oxygen atoms in total. The molecule has 1 N–H and O–H groups in total. The number of benzene rings is 1. The normalized spacial score (nSPS) is 11.8. The molecular formula is C14H17ClN2O2. The topological polar surface area (TPSA) is 62.1 Å². The van der Waals surface area contributed by atoms with Gasteiger partial charge in [-0.3, -0.25) is 4.79 Å². The minimum atomic E-state index is -0.635. The third-order valence-electron chi connectivity index (χ3n) is 2.42. The number of hydrogen-bond acceptors (Lipinski definition) is 3. The fourth-order valence-electron chi connectivity index (χ4n) is 1.36. The molecule has 19 heavy (non-hydrogen) atoms. The summed E-state index contributed by atoms with van der Waals surface area (Å²) in [5, 5.41) is 11.8. The molecule has 1 aromatic carbocycles. The van der Waals surface area contributed by atoms with Crippen LogP contribution in [0.25, 0.3) is 0 Å². The molecular weight excluding hydrogens is 264 g/mol. The largest absolute Gasteiger partial charge is 0.479 e. The van der Waals surface area contributed by atoms with E-state index in [0.29, 0.717) is 28.8 Å². The summed E-state index contributed by atoms with van der Waals surface area (Å²) >= 11 is 5.98. The van der Waals surface area contributed by atoms with Gasteiger partial charge < -0.3 is 10.1 Å². The van der Waals surface area contributed by atoms with Crippen molar-refractivity contribution in [3.63, 3.8) is 0 Å². The first kappa shape index (κ1) is 15.3. The highest BCUT2D eigenvalue weighted by Gasteiger charge is 2.16. The van der Waals surface area contributed by atoms with Crippen LogP contribution in [0, 0.1) is 17.2 Å². The van der Waals surface area contributed by atoms with Crippen molar-refractivity contribution in [2.24, 2.45) is 5.92 Å². The lowest BCUT2D eigenvalue weighted by atomic mass is 10.2. The van der Waals surface area contributed by atoms with Gasteiger partial charge in [0.1, 0.15) is 5.75 Å². The monoisotopic (exact) mass is 280 g/mol. The third-order valence-corrected chi connectivity index (χ3v) is 2.71. The predicted molar refractivity (Wildman–Crippen MR) is 74.1 cm³/mol. The Morgan fingerprint density at radius 1 is 1.47 bits per heavy atom. The molecule has 0 aliphatic heterocycles. The fourth-order valence-corrected chi connectivity index (χ4v) is 1.58. The predicted octanol–water partition coefficient (Wildman–Crippen LogP) is 2.75. The lowest BCUT2D eigenvalue weighted by molar-refractivity contribution is -0.127. The van der Waals surface area contributed by atoms with E-state index in [0.717, 1.165) is 0 Å². The van der Waals surface area contributed by atoms with Crippen LogP contribution in [0.3, 0.4) is 0 Å². The molecule has 102 valence electrons. The second kappa shape index (κ2) is 7.01. The van der Waals surface area contributed by atoms with Crippen LogP contribution in [0.2, 0.25) is 5.02 Å². The molecule has 5 heteroatoms. The Hall–Kier alpha value is -1.73. The molecule has 0 heterocycles. The van der Waals surface area contributed by atoms with E-state index in [1.807, 2.05) is 19.9 Å². The molecule has 0 saturated carbocycles. The Morgan fingerprint density at radius 3 is 2.68 bits per heavy atom. The maximum absolute atomic E-state index is 11.8. The number of nitrogens with one attached hydrogen (secondary N) is 1. The molecule has 0 bridgehead atoms. The lowest BCUT2D eigenvalue weighted by Crippen LogP contribution is -2.38. The van der Waals surface area contributed by atoms with Crippen molar-refractivity contribution in [1.82, 2.24) is 5.32 Å². The summed E-state index contributed by atoms with van der Waals surface area (Å²) in [4.78, 5) is 11.8. The summed E-state index contributed by atoms with van der Waals surface area (Å²) in [6, 6.07) is 6.68. The number of rotatable bonds is 5. The van der Waals surface area contributed by atoms with Crippen LogP contribution in [0.1, 0.15) is 26.3 Å². The Labute approximate surface area is 118 Å². The first-order chi connectivity index (χ1) is 8.93. The van der Waals surface area contributed by atoms with Crippen molar-refractivity contribution in [2.75, 3.05) is 6.54 Å². The van der Waals surface area contributed by atoms with Crippen molar-refractivity contribution in [2.45, 2.75) is 26.9 Å². The zero-order chi connectivity index (χ0) is 14.4. The summed E-state index contributed by atoms with van der Waals surface area (Å²) < 4.78 is 5.49. The van der Waals surface area contributed by atoms with E-state index >= 15 is 0 Å². The van der Waals surface area contributed by atoms with Gasteiger partial charge in [0.15, 0.2) is 6.10 Å². The van der Waals surface area contributed by atoms with Gasteiger partial charge >= 0.3 is 0 Å². The van der Waals surface area contributed by atoms with Crippen molar-refractivity contribution < 1.29 is 9.53 Å². The number of halogens is 1. The summed E-state index contributed by atoms with van der Waals surface area (Å²) in [5.74, 6) is 0.594. The summed E-state index contributed by atoms with van der Waals surface area (Å²) in [5.41, 5.74) is 0.453. The molecule has 0 aliphatic rings. The Kier molecular flexibility index (Phi) is 5.65. The van der Waals surface area contributed by atoms with Gasteiger partial charge in [-0.1, -0.05) is 25.4 Å². The van der Waals surface area contributed by atoms with Crippen LogP contribution < -0.4 is 10.1 Å². The molecule has 1 atom stereocenters. The van der Waals surface area contributed by atoms with Gasteiger partial charge in [0, 0.05) is 6.54 Å². The second-order valence-electron chi connectivity index (χ2n) is 4.66. The van der Waals surface area contributed by atoms with Gasteiger partial charge in [-0.25, -0.2) is 0 Å². The number of ether oxygens (including phenoxy) is 1. The molecule has 0 aliphatic carbocycles. The Bertz CT molecular complexity index is 495. The Balaban J connectivity index is 2.64. The second-order valence-corrected chi connectivity index (χ2v) is 5.06. The zero-order valence-corrected chi connectivity index (χ0v) is 12.0. The molecule has 0 radical (unpaired) electrons. The van der Waals surface area contributed by atoms with E-state index in [2.05, 4.69) is 5.32 Å². The highest BCUT2D eigenvalue weighted by atomic mass is 35.5. The highest BCUT2D eigenvalue weighted by molar-refractivity contribution is 6.32. The van der Waals surface area contributed by atoms with Crippen LogP contribution >= 0.6 is 11.6 Å². The smallest absolute Gasteiger partial charge is 0.260 e. The van der Waals surface area contributed by atoms with Gasteiger partial charge in [-0.15, -0.1) is 0 Å². The number of nitrogens with zero attached hydrogens (tertiary/aromatic N) is 1. The van der Waals surface area contributed by atoms with Gasteiger partial charge in [0.25, 0.3) is 5.91 Å². The summed E-state index contributed by atoms with van der Waals surface area (Å²) in [6.45, 7) is 6.30. The molecule has 0 spiro atoms. The standard InChI is InChI=1S/C14H17ClN2O2/c1-9(2)8-17-14(18)10(3)19-13-5-4-11(7-16)6-12(13)15/h4-6,9-10H,8H2,1-3H3,(H,17,18). The average molecular weight is 281 g/mol. The number of carbonyl (C=O) groups excluding carboxylic acids is 1. The van der Waals surface area contributed by atoms with E-state index < -0.39 is 6.10 Å². The van der Waals surface area contributed by atoms with E-state index in [4.69, 9.17) is 21.6 Å². The fraction of sp³-hybridized carbons (Fsp3) is 0.429. The molecule has 0 saturated heterocycles. The van der Waals surface area contributed by atoms with Crippen LogP contribution in [-0.2, 0) is 4.79 Å². The first-order valence-electron chi connectivity index (χ1n) is 6.08. The molecule has 1 rings (SSSR count). The number of nitriles is 1. The number of hydrogen-bond donors (Lipinski definition) is 1. The van der Waals surface area contributed by atoms with E-state index in [1.165, 1.54) is 6.07 Å². The zero-order valence-electron chi connectivity index (χ0n) is 11.2. The minimum Gasteiger partial charge on any atom is -0.479 e. The van der Waals surface area contributed by atoms with Crippen LogP contribution in [-0.4, -0.2) is 18.6 Å². The first-order valence-corrected chi connectivity index (χ1v) is 6.46. The quantitative estimate of drug-likeness (QED) is 0.902. The van der Waals surface area contributed by atoms with Gasteiger partial charge in [-0.2, -0.15) is 5.26 Å². The van der Waals surface area contributed by atoms with Crippen molar-refractivity contribution in [3.05, 3.63) is 28.8 Å². The van der Waals surface area contributed by atoms with Crippen LogP contribution in [0.5, 0.6) is 5.75 Å². The van der Waals surface area contributed by atoms with E-state index in [-0.39, 0.29) is 5.91 Å². The molecule has 1 aromatic rings. The third kappa shape index (κ3) is 4.80. The maximum atomic E-state index is 11.8. The van der Waals surface area contributed by atoms with Gasteiger partial charge in [-0.05, 0) is 31.0 Å². The molecule has 1 amide bonds. The molecule has 0 aromatic heterocycles. The van der Waals surface area contributed by atoms with Crippen molar-refractivity contribution in [1.29, 1.82) is 5.26 Å². The summed E-state index contributed by atoms with van der Waals surface area (Å²) in [7, 11) is 0. The van der Waals surface area contributed by atoms with Gasteiger partial charge in [0.2, 0.25) is 0 Å². The number of amides is 1. The van der Waals surface area contributed by atoms with E-state index in [1.54, 1.807) is 19.1 Å². The van der Waals surface area contributed by atoms with Crippen molar-refractivity contribution in [3.8, 4) is 11.8 Å². The average Bonchev–Trinajstić information content (AvgIpc) is 2.37. The summed E-state index contributed by atoms with van der Waals surface area (Å²) in [6.07, 6.45) is -0.635. The molecule has 1 unspecified atom stereocenters. The molecule has 0 fully saturated rings. The highest BCUT2D eigenvalue weighted by Crippen LogP contribution is 2.26. The van der Waals surface area contributed by atoms with Crippen LogP contribution in [0.15, 0.2) is 18.2 Å².